The Hall–Kier alpha value is -1.76. The third-order valence-corrected chi connectivity index (χ3v) is 4.15. The molecule has 0 saturated heterocycles. The summed E-state index contributed by atoms with van der Waals surface area (Å²) in [5, 5.41) is 9.93. The Labute approximate surface area is 108 Å². The fraction of sp³-hybridized carbons (Fsp3) is 0.294. The molecule has 1 aliphatic carbocycles. The Kier molecular flexibility index (Phi) is 2.62. The van der Waals surface area contributed by atoms with E-state index < -0.39 is 0 Å². The number of rotatable bonds is 1. The number of hydrogen-bond donors (Lipinski definition) is 1. The molecule has 0 aliphatic heterocycles. The van der Waals surface area contributed by atoms with Gasteiger partial charge >= 0.3 is 0 Å². The van der Waals surface area contributed by atoms with Crippen LogP contribution in [-0.2, 0) is 12.8 Å². The monoisotopic (exact) mass is 238 g/mol. The van der Waals surface area contributed by atoms with Crippen LogP contribution in [0.25, 0.3) is 11.1 Å². The maximum Gasteiger partial charge on any atom is 0.119 e. The highest BCUT2D eigenvalue weighted by Crippen LogP contribution is 2.38. The van der Waals surface area contributed by atoms with Crippen LogP contribution in [0.2, 0.25) is 0 Å². The van der Waals surface area contributed by atoms with E-state index in [0.29, 0.717) is 5.75 Å². The first-order valence-corrected chi connectivity index (χ1v) is 6.59. The van der Waals surface area contributed by atoms with Crippen molar-refractivity contribution >= 4 is 0 Å². The van der Waals surface area contributed by atoms with E-state index >= 15 is 0 Å². The largest absolute Gasteiger partial charge is 0.508 e. The van der Waals surface area contributed by atoms with Crippen LogP contribution in [0.1, 0.15) is 28.7 Å². The van der Waals surface area contributed by atoms with Gasteiger partial charge in [-0.1, -0.05) is 24.3 Å². The van der Waals surface area contributed by atoms with Crippen LogP contribution in [0, 0.1) is 13.8 Å². The molecular formula is C17H18O. The molecule has 18 heavy (non-hydrogen) atoms. The maximum absolute atomic E-state index is 9.93. The Balaban J connectivity index is 2.25. The van der Waals surface area contributed by atoms with Crippen LogP contribution in [0.4, 0.5) is 0 Å². The Morgan fingerprint density at radius 3 is 2.50 bits per heavy atom. The summed E-state index contributed by atoms with van der Waals surface area (Å²) >= 11 is 0. The van der Waals surface area contributed by atoms with E-state index in [9.17, 15) is 5.11 Å². The third-order valence-electron chi connectivity index (χ3n) is 4.15. The lowest BCUT2D eigenvalue weighted by molar-refractivity contribution is 0.469. The number of phenolic OH excluding ortho intramolecular Hbond substituents is 1. The molecule has 0 saturated carbocycles. The van der Waals surface area contributed by atoms with Crippen LogP contribution >= 0.6 is 0 Å². The molecular weight excluding hydrogens is 220 g/mol. The fourth-order valence-electron chi connectivity index (χ4n) is 2.98. The first-order chi connectivity index (χ1) is 8.68. The van der Waals surface area contributed by atoms with E-state index in [-0.39, 0.29) is 0 Å². The predicted octanol–water partition coefficient (Wildman–Crippen LogP) is 4.16. The van der Waals surface area contributed by atoms with E-state index in [1.165, 1.54) is 27.8 Å². The number of benzene rings is 2. The zero-order chi connectivity index (χ0) is 12.7. The molecule has 2 aromatic rings. The standard InChI is InChI=1S/C17H18O/c1-11-5-3-6-13(12(11)2)15-9-10-17(18)16-8-4-7-14(15)16/h3,5-6,9-10,18H,4,7-8H2,1-2H3. The minimum absolute atomic E-state index is 0.469. The lowest BCUT2D eigenvalue weighted by Crippen LogP contribution is -1.93. The SMILES string of the molecule is Cc1cccc(-c2ccc(O)c3c2CCC3)c1C. The first kappa shape index (κ1) is 11.3. The quantitative estimate of drug-likeness (QED) is 0.790. The van der Waals surface area contributed by atoms with Gasteiger partial charge in [-0.15, -0.1) is 0 Å². The van der Waals surface area contributed by atoms with Gasteiger partial charge in [0.1, 0.15) is 5.75 Å². The lowest BCUT2D eigenvalue weighted by atomic mass is 9.92. The predicted molar refractivity (Wildman–Crippen MR) is 75.0 cm³/mol. The lowest BCUT2D eigenvalue weighted by Gasteiger charge is -2.14. The minimum Gasteiger partial charge on any atom is -0.508 e. The van der Waals surface area contributed by atoms with Gasteiger partial charge in [0.15, 0.2) is 0 Å². The van der Waals surface area contributed by atoms with Crippen LogP contribution in [0.5, 0.6) is 5.75 Å². The van der Waals surface area contributed by atoms with Gasteiger partial charge in [0, 0.05) is 0 Å². The van der Waals surface area contributed by atoms with Crippen molar-refractivity contribution in [2.75, 3.05) is 0 Å². The van der Waals surface area contributed by atoms with Gasteiger partial charge in [-0.2, -0.15) is 0 Å². The van der Waals surface area contributed by atoms with Crippen LogP contribution < -0.4 is 0 Å². The number of phenols is 1. The molecule has 0 heterocycles. The summed E-state index contributed by atoms with van der Waals surface area (Å²) in [5.41, 5.74) is 7.80. The topological polar surface area (TPSA) is 20.2 Å². The summed E-state index contributed by atoms with van der Waals surface area (Å²) in [4.78, 5) is 0. The summed E-state index contributed by atoms with van der Waals surface area (Å²) in [6, 6.07) is 10.4. The Morgan fingerprint density at radius 1 is 0.889 bits per heavy atom. The van der Waals surface area contributed by atoms with Crippen molar-refractivity contribution in [2.45, 2.75) is 33.1 Å². The Bertz CT molecular complexity index is 611. The average molecular weight is 238 g/mol. The van der Waals surface area contributed by atoms with Gasteiger partial charge in [-0.05, 0) is 72.6 Å². The second kappa shape index (κ2) is 4.16. The Morgan fingerprint density at radius 2 is 1.67 bits per heavy atom. The number of aryl methyl sites for hydroxylation is 1. The molecule has 0 unspecified atom stereocenters. The van der Waals surface area contributed by atoms with E-state index in [0.717, 1.165) is 24.8 Å². The molecule has 1 aliphatic rings. The van der Waals surface area contributed by atoms with Gasteiger partial charge in [0.2, 0.25) is 0 Å². The second-order valence-electron chi connectivity index (χ2n) is 5.19. The molecule has 1 heteroatoms. The normalized spacial score (nSPS) is 13.7. The third kappa shape index (κ3) is 1.62. The zero-order valence-corrected chi connectivity index (χ0v) is 11.0. The van der Waals surface area contributed by atoms with Gasteiger partial charge in [0.05, 0.1) is 0 Å². The minimum atomic E-state index is 0.469. The van der Waals surface area contributed by atoms with Gasteiger partial charge in [-0.3, -0.25) is 0 Å². The molecule has 0 radical (unpaired) electrons. The number of aromatic hydroxyl groups is 1. The van der Waals surface area contributed by atoms with Crippen LogP contribution in [0.3, 0.4) is 0 Å². The molecule has 0 bridgehead atoms. The molecule has 92 valence electrons. The van der Waals surface area contributed by atoms with Crippen molar-refractivity contribution < 1.29 is 5.11 Å². The molecule has 1 N–H and O–H groups in total. The highest BCUT2D eigenvalue weighted by Gasteiger charge is 2.19. The summed E-state index contributed by atoms with van der Waals surface area (Å²) in [6.45, 7) is 4.33. The van der Waals surface area contributed by atoms with Crippen molar-refractivity contribution in [1.29, 1.82) is 0 Å². The highest BCUT2D eigenvalue weighted by atomic mass is 16.3. The van der Waals surface area contributed by atoms with E-state index in [2.05, 4.69) is 38.1 Å². The van der Waals surface area contributed by atoms with E-state index in [1.54, 1.807) is 0 Å². The first-order valence-electron chi connectivity index (χ1n) is 6.59. The molecule has 0 amide bonds. The van der Waals surface area contributed by atoms with Crippen molar-refractivity contribution in [3.05, 3.63) is 52.6 Å². The van der Waals surface area contributed by atoms with Gasteiger partial charge < -0.3 is 5.11 Å². The van der Waals surface area contributed by atoms with Crippen LogP contribution in [-0.4, -0.2) is 5.11 Å². The average Bonchev–Trinajstić information content (AvgIpc) is 2.84. The number of fused-ring (bicyclic) bond motifs is 1. The van der Waals surface area contributed by atoms with Crippen LogP contribution in [0.15, 0.2) is 30.3 Å². The molecule has 3 rings (SSSR count). The van der Waals surface area contributed by atoms with Crippen molar-refractivity contribution in [3.63, 3.8) is 0 Å². The van der Waals surface area contributed by atoms with Gasteiger partial charge in [0.25, 0.3) is 0 Å². The highest BCUT2D eigenvalue weighted by molar-refractivity contribution is 5.74. The molecule has 2 aromatic carbocycles. The zero-order valence-electron chi connectivity index (χ0n) is 11.0. The summed E-state index contributed by atoms with van der Waals surface area (Å²) < 4.78 is 0. The van der Waals surface area contributed by atoms with Crippen molar-refractivity contribution in [1.82, 2.24) is 0 Å². The summed E-state index contributed by atoms with van der Waals surface area (Å²) in [6.07, 6.45) is 3.26. The molecule has 0 aromatic heterocycles. The molecule has 0 spiro atoms. The smallest absolute Gasteiger partial charge is 0.119 e. The molecule has 0 fully saturated rings. The fourth-order valence-corrected chi connectivity index (χ4v) is 2.98. The maximum atomic E-state index is 9.93. The van der Waals surface area contributed by atoms with Gasteiger partial charge in [-0.25, -0.2) is 0 Å². The summed E-state index contributed by atoms with van der Waals surface area (Å²) in [5.74, 6) is 0.469. The van der Waals surface area contributed by atoms with E-state index in [1.807, 2.05) is 6.07 Å². The second-order valence-corrected chi connectivity index (χ2v) is 5.19. The molecule has 0 atom stereocenters. The van der Waals surface area contributed by atoms with E-state index in [4.69, 9.17) is 0 Å². The van der Waals surface area contributed by atoms with Crippen molar-refractivity contribution in [2.24, 2.45) is 0 Å². The number of hydrogen-bond acceptors (Lipinski definition) is 1. The summed E-state index contributed by atoms with van der Waals surface area (Å²) in [7, 11) is 0. The molecule has 1 nitrogen and oxygen atoms in total. The van der Waals surface area contributed by atoms with Crippen molar-refractivity contribution in [3.8, 4) is 16.9 Å².